The number of rotatable bonds is 12. The van der Waals surface area contributed by atoms with Crippen molar-refractivity contribution in [3.8, 4) is 5.75 Å². The lowest BCUT2D eigenvalue weighted by Gasteiger charge is -2.47. The summed E-state index contributed by atoms with van der Waals surface area (Å²) in [5, 5.41) is 9.25. The van der Waals surface area contributed by atoms with Crippen molar-refractivity contribution >= 4 is 63.6 Å². The number of carbonyl (C=O) groups is 4. The van der Waals surface area contributed by atoms with Crippen LogP contribution >= 0.6 is 11.6 Å². The number of amides is 4. The molecule has 6 heterocycles. The molecule has 3 saturated heterocycles. The zero-order valence-electron chi connectivity index (χ0n) is 37.1. The molecule has 4 aromatic rings. The lowest BCUT2D eigenvalue weighted by atomic mass is 9.82. The van der Waals surface area contributed by atoms with E-state index in [0.29, 0.717) is 45.2 Å². The van der Waals surface area contributed by atoms with Gasteiger partial charge in [0.05, 0.1) is 30.0 Å². The maximum absolute atomic E-state index is 16.3. The molecule has 4 fully saturated rings. The number of benzene rings is 2. The summed E-state index contributed by atoms with van der Waals surface area (Å²) in [6, 6.07) is 9.63. The van der Waals surface area contributed by atoms with E-state index in [4.69, 9.17) is 26.1 Å². The van der Waals surface area contributed by atoms with Gasteiger partial charge in [0.1, 0.15) is 16.9 Å². The lowest BCUT2D eigenvalue weighted by Crippen LogP contribution is -2.53. The number of piperidine rings is 3. The second-order valence-electron chi connectivity index (χ2n) is 18.2. The molecule has 5 aliphatic rings. The van der Waals surface area contributed by atoms with Gasteiger partial charge in [0.15, 0.2) is 18.2 Å². The molecule has 18 heteroatoms. The van der Waals surface area contributed by atoms with Crippen LogP contribution in [0.5, 0.6) is 5.75 Å². The number of likely N-dealkylation sites (N-methyl/N-ethyl adjacent to an activating group) is 1. The van der Waals surface area contributed by atoms with Gasteiger partial charge in [-0.05, 0) is 121 Å². The Hall–Kier alpha value is -5.65. The fraction of sp³-hybridized carbons (Fsp3) is 0.511. The molecule has 9 rings (SSSR count). The number of anilines is 3. The van der Waals surface area contributed by atoms with Crippen LogP contribution in [0.2, 0.25) is 5.02 Å². The van der Waals surface area contributed by atoms with Crippen LogP contribution < -0.4 is 31.1 Å². The maximum Gasteiger partial charge on any atom is 0.293 e. The van der Waals surface area contributed by atoms with Gasteiger partial charge in [-0.3, -0.25) is 29.3 Å². The summed E-state index contributed by atoms with van der Waals surface area (Å²) in [5.74, 6) is -0.755. The zero-order chi connectivity index (χ0) is 45.7. The number of imide groups is 1. The van der Waals surface area contributed by atoms with E-state index < -0.39 is 18.0 Å². The van der Waals surface area contributed by atoms with E-state index in [-0.39, 0.29) is 78.5 Å². The molecule has 65 heavy (non-hydrogen) atoms. The minimum Gasteiger partial charge on any atom is -0.478 e. The number of hydrogen-bond acceptors (Lipinski definition) is 12. The minimum absolute atomic E-state index is 0.0413. The molecule has 0 bridgehead atoms. The van der Waals surface area contributed by atoms with Crippen molar-refractivity contribution in [1.82, 2.24) is 35.0 Å². The van der Waals surface area contributed by atoms with Crippen LogP contribution in [-0.4, -0.2) is 112 Å². The summed E-state index contributed by atoms with van der Waals surface area (Å²) in [4.78, 5) is 78.2. The number of nitrogens with one attached hydrogen (secondary N) is 3. The number of hydrogen-bond donors (Lipinski definition) is 3. The first-order valence-electron chi connectivity index (χ1n) is 22.7. The van der Waals surface area contributed by atoms with E-state index in [2.05, 4.69) is 30.7 Å². The Bertz CT molecular complexity index is 2590. The summed E-state index contributed by atoms with van der Waals surface area (Å²) in [5.41, 5.74) is 2.41. The molecular formula is C47H55ClFN9O7. The Labute approximate surface area is 381 Å². The number of pyridine rings is 1. The van der Waals surface area contributed by atoms with Gasteiger partial charge in [0.25, 0.3) is 17.4 Å². The topological polar surface area (TPSA) is 180 Å². The van der Waals surface area contributed by atoms with E-state index in [1.165, 1.54) is 11.9 Å². The van der Waals surface area contributed by atoms with Crippen LogP contribution in [0.4, 0.5) is 21.8 Å². The standard InChI is InChI=1S/C47H55ClFN9O7/c1-25(2)57-36-8-5-29(19-28(36)20-38(46(57)63)64-24-40(60)50-4)52-43-35(48)23-51-47(54-43)56-17-13-31(14-18-56)65-32-21-30(22-32)55-15-11-27(12-16-55)33-6-7-34-41(42(33)49)26(3)58(45(34)62)37-9-10-39(59)53-44(37)61/h5-8,19-20,23,25-27,30-32,37H,9-18,21-22,24H2,1-4H3,(H,50,60)(H,51,52,54)(H,53,59,61)/t26-,30?,32?,37?/m1/s1. The van der Waals surface area contributed by atoms with Crippen molar-refractivity contribution in [3.05, 3.63) is 80.5 Å². The number of aromatic nitrogens is 3. The summed E-state index contributed by atoms with van der Waals surface area (Å²) < 4.78 is 30.1. The zero-order valence-corrected chi connectivity index (χ0v) is 37.8. The molecule has 3 N–H and O–H groups in total. The summed E-state index contributed by atoms with van der Waals surface area (Å²) >= 11 is 6.60. The number of ether oxygens (including phenoxy) is 2. The van der Waals surface area contributed by atoms with Crippen molar-refractivity contribution < 1.29 is 33.0 Å². The SMILES string of the molecule is CNC(=O)COc1cc2cc(Nc3nc(N4CCC(OC5CC(N6CCC(c7ccc8c(c7F)[C@@H](C)N(C7CCC(=O)NC7=O)C8=O)CC6)C5)CC4)ncc3Cl)ccc2n(C(C)C)c1=O. The number of carbonyl (C=O) groups excluding carboxylic acids is 4. The van der Waals surface area contributed by atoms with Crippen molar-refractivity contribution in [2.45, 2.75) is 114 Å². The normalized spacial score (nSPS) is 23.2. The quantitative estimate of drug-likeness (QED) is 0.147. The van der Waals surface area contributed by atoms with Crippen LogP contribution in [0, 0.1) is 5.82 Å². The van der Waals surface area contributed by atoms with Gasteiger partial charge in [-0.15, -0.1) is 0 Å². The van der Waals surface area contributed by atoms with Gasteiger partial charge in [-0.1, -0.05) is 17.7 Å². The summed E-state index contributed by atoms with van der Waals surface area (Å²) in [6.45, 7) is 8.52. The third kappa shape index (κ3) is 8.77. The highest BCUT2D eigenvalue weighted by molar-refractivity contribution is 6.33. The molecule has 1 aliphatic carbocycles. The highest BCUT2D eigenvalue weighted by atomic mass is 35.5. The van der Waals surface area contributed by atoms with Crippen LogP contribution in [-0.2, 0) is 19.1 Å². The largest absolute Gasteiger partial charge is 0.478 e. The van der Waals surface area contributed by atoms with Crippen molar-refractivity contribution in [3.63, 3.8) is 0 Å². The van der Waals surface area contributed by atoms with Gasteiger partial charge in [-0.25, -0.2) is 9.37 Å². The molecule has 344 valence electrons. The predicted octanol–water partition coefficient (Wildman–Crippen LogP) is 5.75. The molecule has 2 aromatic carbocycles. The van der Waals surface area contributed by atoms with Crippen LogP contribution in [0.15, 0.2) is 47.4 Å². The highest BCUT2D eigenvalue weighted by Gasteiger charge is 2.45. The van der Waals surface area contributed by atoms with Gasteiger partial charge in [0.2, 0.25) is 17.8 Å². The van der Waals surface area contributed by atoms with Crippen molar-refractivity contribution in [2.24, 2.45) is 0 Å². The average molecular weight is 912 g/mol. The van der Waals surface area contributed by atoms with Crippen LogP contribution in [0.25, 0.3) is 10.9 Å². The molecule has 2 aromatic heterocycles. The summed E-state index contributed by atoms with van der Waals surface area (Å²) in [6.07, 6.45) is 7.59. The lowest BCUT2D eigenvalue weighted by molar-refractivity contribution is -0.137. The Morgan fingerprint density at radius 1 is 0.985 bits per heavy atom. The van der Waals surface area contributed by atoms with Crippen LogP contribution in [0.3, 0.4) is 0 Å². The van der Waals surface area contributed by atoms with Gasteiger partial charge < -0.3 is 39.4 Å². The second-order valence-corrected chi connectivity index (χ2v) is 18.6. The van der Waals surface area contributed by atoms with E-state index in [0.717, 1.165) is 75.6 Å². The second kappa shape index (κ2) is 18.3. The Balaban J connectivity index is 0.752. The Kier molecular flexibility index (Phi) is 12.6. The van der Waals surface area contributed by atoms with E-state index in [9.17, 15) is 24.0 Å². The first kappa shape index (κ1) is 44.5. The number of halogens is 2. The van der Waals surface area contributed by atoms with E-state index >= 15 is 4.39 Å². The number of nitrogens with zero attached hydrogens (tertiary/aromatic N) is 6. The van der Waals surface area contributed by atoms with Gasteiger partial charge in [-0.2, -0.15) is 4.98 Å². The third-order valence-corrected chi connectivity index (χ3v) is 14.1. The molecule has 1 unspecified atom stereocenters. The molecule has 0 spiro atoms. The van der Waals surface area contributed by atoms with Crippen molar-refractivity contribution in [2.75, 3.05) is 50.1 Å². The molecule has 4 amide bonds. The first-order valence-corrected chi connectivity index (χ1v) is 23.1. The Morgan fingerprint density at radius 2 is 1.74 bits per heavy atom. The average Bonchev–Trinajstić information content (AvgIpc) is 3.53. The molecular weight excluding hydrogens is 857 g/mol. The molecule has 1 saturated carbocycles. The number of fused-ring (bicyclic) bond motifs is 2. The van der Waals surface area contributed by atoms with E-state index in [1.54, 1.807) is 35.9 Å². The van der Waals surface area contributed by atoms with Gasteiger partial charge >= 0.3 is 0 Å². The van der Waals surface area contributed by atoms with Gasteiger partial charge in [0, 0.05) is 60.8 Å². The smallest absolute Gasteiger partial charge is 0.293 e. The van der Waals surface area contributed by atoms with Crippen molar-refractivity contribution in [1.29, 1.82) is 0 Å². The fourth-order valence-electron chi connectivity index (χ4n) is 10.3. The predicted molar refractivity (Wildman–Crippen MR) is 242 cm³/mol. The highest BCUT2D eigenvalue weighted by Crippen LogP contribution is 2.43. The first-order chi connectivity index (χ1) is 31.3. The molecule has 16 nitrogen and oxygen atoms in total. The van der Waals surface area contributed by atoms with Crippen LogP contribution in [0.1, 0.15) is 112 Å². The number of likely N-dealkylation sites (tertiary alicyclic amines) is 1. The summed E-state index contributed by atoms with van der Waals surface area (Å²) in [7, 11) is 1.51. The van der Waals surface area contributed by atoms with E-state index in [1.807, 2.05) is 32.0 Å². The monoisotopic (exact) mass is 911 g/mol. The minimum atomic E-state index is -0.792. The fourth-order valence-corrected chi connectivity index (χ4v) is 10.4. The molecule has 4 aliphatic heterocycles. The molecule has 2 atom stereocenters. The maximum atomic E-state index is 16.3. The molecule has 0 radical (unpaired) electrons. The Morgan fingerprint density at radius 3 is 2.45 bits per heavy atom. The third-order valence-electron chi connectivity index (χ3n) is 13.9.